The summed E-state index contributed by atoms with van der Waals surface area (Å²) in [5.41, 5.74) is 1.05. The average molecular weight is 181 g/mol. The molecule has 0 saturated carbocycles. The molecule has 0 atom stereocenters. The molecule has 0 fully saturated rings. The first-order chi connectivity index (χ1) is 6.22. The molecular formula is C9H11NO3. The molecule has 0 spiro atoms. The zero-order chi connectivity index (χ0) is 9.68. The second-order valence-corrected chi connectivity index (χ2v) is 2.54. The molecule has 0 aliphatic rings. The third kappa shape index (κ3) is 3.11. The molecule has 0 aliphatic carbocycles. The average Bonchev–Trinajstić information content (AvgIpc) is 2.16. The SMILES string of the molecule is COC(=O)COc1ccc(C)cn1. The largest absolute Gasteiger partial charge is 0.466 e. The fraction of sp³-hybridized carbons (Fsp3) is 0.333. The lowest BCUT2D eigenvalue weighted by atomic mass is 10.3. The molecule has 1 heterocycles. The molecular weight excluding hydrogens is 170 g/mol. The van der Waals surface area contributed by atoms with Crippen LogP contribution in [-0.2, 0) is 9.53 Å². The van der Waals surface area contributed by atoms with Gasteiger partial charge in [0, 0.05) is 12.3 Å². The normalized spacial score (nSPS) is 9.38. The van der Waals surface area contributed by atoms with Crippen LogP contribution in [0.25, 0.3) is 0 Å². The molecule has 1 aromatic rings. The van der Waals surface area contributed by atoms with E-state index in [-0.39, 0.29) is 6.61 Å². The number of carbonyl (C=O) groups excluding carboxylic acids is 1. The minimum Gasteiger partial charge on any atom is -0.466 e. The topological polar surface area (TPSA) is 48.4 Å². The highest BCUT2D eigenvalue weighted by Gasteiger charge is 2.01. The van der Waals surface area contributed by atoms with Crippen molar-refractivity contribution >= 4 is 5.97 Å². The molecule has 0 radical (unpaired) electrons. The van der Waals surface area contributed by atoms with E-state index in [1.54, 1.807) is 12.3 Å². The number of pyridine rings is 1. The predicted molar refractivity (Wildman–Crippen MR) is 46.5 cm³/mol. The predicted octanol–water partition coefficient (Wildman–Crippen LogP) is 0.942. The highest BCUT2D eigenvalue weighted by Crippen LogP contribution is 2.05. The van der Waals surface area contributed by atoms with Crippen molar-refractivity contribution in [1.82, 2.24) is 4.98 Å². The third-order valence-corrected chi connectivity index (χ3v) is 1.45. The second-order valence-electron chi connectivity index (χ2n) is 2.54. The summed E-state index contributed by atoms with van der Waals surface area (Å²) in [5, 5.41) is 0. The Labute approximate surface area is 76.5 Å². The number of carbonyl (C=O) groups is 1. The van der Waals surface area contributed by atoms with Gasteiger partial charge in [-0.05, 0) is 12.5 Å². The van der Waals surface area contributed by atoms with Gasteiger partial charge in [0.05, 0.1) is 7.11 Å². The van der Waals surface area contributed by atoms with Crippen LogP contribution in [0.3, 0.4) is 0 Å². The Morgan fingerprint density at radius 1 is 1.54 bits per heavy atom. The molecule has 0 bridgehead atoms. The van der Waals surface area contributed by atoms with Crippen molar-refractivity contribution in [2.45, 2.75) is 6.92 Å². The lowest BCUT2D eigenvalue weighted by Crippen LogP contribution is -2.12. The van der Waals surface area contributed by atoms with Crippen LogP contribution in [0, 0.1) is 6.92 Å². The standard InChI is InChI=1S/C9H11NO3/c1-7-3-4-8(10-5-7)13-6-9(11)12-2/h3-5H,6H2,1-2H3. The monoisotopic (exact) mass is 181 g/mol. The first kappa shape index (κ1) is 9.51. The van der Waals surface area contributed by atoms with E-state index in [0.717, 1.165) is 5.56 Å². The Hall–Kier alpha value is -1.58. The summed E-state index contributed by atoms with van der Waals surface area (Å²) in [6, 6.07) is 3.57. The Kier molecular flexibility index (Phi) is 3.25. The zero-order valence-electron chi connectivity index (χ0n) is 7.61. The number of hydrogen-bond acceptors (Lipinski definition) is 4. The number of methoxy groups -OCH3 is 1. The lowest BCUT2D eigenvalue weighted by molar-refractivity contribution is -0.143. The molecule has 0 aromatic carbocycles. The highest BCUT2D eigenvalue weighted by molar-refractivity contribution is 5.70. The van der Waals surface area contributed by atoms with E-state index >= 15 is 0 Å². The molecule has 0 aliphatic heterocycles. The quantitative estimate of drug-likeness (QED) is 0.651. The molecule has 1 aromatic heterocycles. The van der Waals surface area contributed by atoms with E-state index in [4.69, 9.17) is 4.74 Å². The Bertz CT molecular complexity index is 281. The number of esters is 1. The Morgan fingerprint density at radius 2 is 2.31 bits per heavy atom. The maximum atomic E-state index is 10.7. The number of aryl methyl sites for hydroxylation is 1. The summed E-state index contributed by atoms with van der Waals surface area (Å²) in [6.07, 6.45) is 1.67. The summed E-state index contributed by atoms with van der Waals surface area (Å²) in [7, 11) is 1.31. The fourth-order valence-corrected chi connectivity index (χ4v) is 0.731. The van der Waals surface area contributed by atoms with E-state index in [1.165, 1.54) is 7.11 Å². The number of ether oxygens (including phenoxy) is 2. The van der Waals surface area contributed by atoms with Crippen LogP contribution in [0.5, 0.6) is 5.88 Å². The minimum absolute atomic E-state index is 0.105. The van der Waals surface area contributed by atoms with Crippen molar-refractivity contribution in [3.8, 4) is 5.88 Å². The van der Waals surface area contributed by atoms with Crippen LogP contribution in [0.2, 0.25) is 0 Å². The van der Waals surface area contributed by atoms with Gasteiger partial charge in [0.1, 0.15) is 0 Å². The molecule has 13 heavy (non-hydrogen) atoms. The van der Waals surface area contributed by atoms with Gasteiger partial charge in [0.2, 0.25) is 5.88 Å². The summed E-state index contributed by atoms with van der Waals surface area (Å²) in [4.78, 5) is 14.6. The lowest BCUT2D eigenvalue weighted by Gasteiger charge is -2.02. The van der Waals surface area contributed by atoms with Gasteiger partial charge in [-0.25, -0.2) is 9.78 Å². The van der Waals surface area contributed by atoms with E-state index in [2.05, 4.69) is 9.72 Å². The fourth-order valence-electron chi connectivity index (χ4n) is 0.731. The van der Waals surface area contributed by atoms with Gasteiger partial charge in [-0.1, -0.05) is 6.07 Å². The van der Waals surface area contributed by atoms with Crippen molar-refractivity contribution < 1.29 is 14.3 Å². The first-order valence-corrected chi connectivity index (χ1v) is 3.84. The van der Waals surface area contributed by atoms with E-state index in [1.807, 2.05) is 13.0 Å². The summed E-state index contributed by atoms with van der Waals surface area (Å²) in [6.45, 7) is 1.82. The van der Waals surface area contributed by atoms with E-state index in [9.17, 15) is 4.79 Å². The number of rotatable bonds is 3. The van der Waals surface area contributed by atoms with Gasteiger partial charge >= 0.3 is 5.97 Å². The molecule has 1 rings (SSSR count). The van der Waals surface area contributed by atoms with Crippen LogP contribution in [0.4, 0.5) is 0 Å². The number of hydrogen-bond donors (Lipinski definition) is 0. The maximum absolute atomic E-state index is 10.7. The maximum Gasteiger partial charge on any atom is 0.343 e. The number of nitrogens with zero attached hydrogens (tertiary/aromatic N) is 1. The number of aromatic nitrogens is 1. The smallest absolute Gasteiger partial charge is 0.343 e. The van der Waals surface area contributed by atoms with Gasteiger partial charge in [-0.3, -0.25) is 0 Å². The van der Waals surface area contributed by atoms with Crippen molar-refractivity contribution in [3.05, 3.63) is 23.9 Å². The molecule has 0 unspecified atom stereocenters. The second kappa shape index (κ2) is 4.45. The molecule has 0 amide bonds. The molecule has 70 valence electrons. The van der Waals surface area contributed by atoms with Gasteiger partial charge in [0.25, 0.3) is 0 Å². The van der Waals surface area contributed by atoms with E-state index in [0.29, 0.717) is 5.88 Å². The molecule has 4 heteroatoms. The Morgan fingerprint density at radius 3 is 2.85 bits per heavy atom. The van der Waals surface area contributed by atoms with Crippen molar-refractivity contribution in [2.24, 2.45) is 0 Å². The van der Waals surface area contributed by atoms with Gasteiger partial charge in [-0.15, -0.1) is 0 Å². The molecule has 0 saturated heterocycles. The zero-order valence-corrected chi connectivity index (χ0v) is 7.61. The van der Waals surface area contributed by atoms with Crippen LogP contribution < -0.4 is 4.74 Å². The van der Waals surface area contributed by atoms with Crippen molar-refractivity contribution in [2.75, 3.05) is 13.7 Å². The Balaban J connectivity index is 2.46. The van der Waals surface area contributed by atoms with Crippen LogP contribution in [0.1, 0.15) is 5.56 Å². The van der Waals surface area contributed by atoms with Crippen LogP contribution in [-0.4, -0.2) is 24.7 Å². The summed E-state index contributed by atoms with van der Waals surface area (Å²) >= 11 is 0. The summed E-state index contributed by atoms with van der Waals surface area (Å²) in [5.74, 6) is 0.0124. The van der Waals surface area contributed by atoms with Crippen LogP contribution in [0.15, 0.2) is 18.3 Å². The van der Waals surface area contributed by atoms with Gasteiger partial charge < -0.3 is 9.47 Å². The third-order valence-electron chi connectivity index (χ3n) is 1.45. The molecule has 4 nitrogen and oxygen atoms in total. The van der Waals surface area contributed by atoms with Crippen LogP contribution >= 0.6 is 0 Å². The van der Waals surface area contributed by atoms with Crippen molar-refractivity contribution in [3.63, 3.8) is 0 Å². The first-order valence-electron chi connectivity index (χ1n) is 3.84. The van der Waals surface area contributed by atoms with Gasteiger partial charge in [0.15, 0.2) is 6.61 Å². The summed E-state index contributed by atoms with van der Waals surface area (Å²) < 4.78 is 9.43. The molecule has 0 N–H and O–H groups in total. The highest BCUT2D eigenvalue weighted by atomic mass is 16.6. The van der Waals surface area contributed by atoms with Crippen molar-refractivity contribution in [1.29, 1.82) is 0 Å². The van der Waals surface area contributed by atoms with E-state index < -0.39 is 5.97 Å². The minimum atomic E-state index is -0.414. The van der Waals surface area contributed by atoms with Gasteiger partial charge in [-0.2, -0.15) is 0 Å².